The fourth-order valence-corrected chi connectivity index (χ4v) is 3.26. The number of Topliss-reactive ketones (excluding diaryl/α,β-unsaturated/α-hetero) is 1. The van der Waals surface area contributed by atoms with Gasteiger partial charge in [0.2, 0.25) is 5.91 Å². The number of nitriles is 1. The van der Waals surface area contributed by atoms with Crippen LogP contribution in [0.5, 0.6) is 0 Å². The zero-order chi connectivity index (χ0) is 17.9. The molecule has 2 aromatic rings. The lowest BCUT2D eigenvalue weighted by Crippen LogP contribution is -2.14. The van der Waals surface area contributed by atoms with E-state index in [4.69, 9.17) is 17.3 Å². The predicted molar refractivity (Wildman–Crippen MR) is 94.1 cm³/mol. The first-order chi connectivity index (χ1) is 11.3. The van der Waals surface area contributed by atoms with Crippen LogP contribution in [0.3, 0.4) is 0 Å². The Kier molecular flexibility index (Phi) is 5.60. The van der Waals surface area contributed by atoms with E-state index in [9.17, 15) is 14.9 Å². The molecule has 1 amide bonds. The Balaban J connectivity index is 2.76. The summed E-state index contributed by atoms with van der Waals surface area (Å²) in [6.45, 7) is 3.13. The summed E-state index contributed by atoms with van der Waals surface area (Å²) in [6.07, 6.45) is 0. The number of ketones is 1. The molecular weight excluding hydrogens is 346 g/mol. The van der Waals surface area contributed by atoms with Gasteiger partial charge in [-0.15, -0.1) is 0 Å². The van der Waals surface area contributed by atoms with Crippen molar-refractivity contribution in [2.45, 2.75) is 18.9 Å². The minimum Gasteiger partial charge on any atom is -0.369 e. The van der Waals surface area contributed by atoms with Gasteiger partial charge in [-0.3, -0.25) is 9.59 Å². The molecule has 1 heterocycles. The lowest BCUT2D eigenvalue weighted by molar-refractivity contribution is -0.115. The molecule has 0 aliphatic rings. The summed E-state index contributed by atoms with van der Waals surface area (Å²) in [6, 6.07) is 8.97. The van der Waals surface area contributed by atoms with E-state index in [0.717, 1.165) is 11.8 Å². The molecule has 2 N–H and O–H groups in total. The van der Waals surface area contributed by atoms with Crippen molar-refractivity contribution >= 4 is 35.1 Å². The molecule has 2 rings (SSSR count). The highest BCUT2D eigenvalue weighted by atomic mass is 35.5. The molecule has 0 saturated carbocycles. The summed E-state index contributed by atoms with van der Waals surface area (Å²) < 4.78 is 0. The standard InChI is InChI=1S/C17H14ClN3O2S/c1-9-15(10(2)22)16(11-3-5-12(18)6-4-11)13(7-19)17(21-9)24-8-14(20)23/h3-6H,8H2,1-2H3,(H2,20,23). The molecule has 0 spiro atoms. The molecule has 0 bridgehead atoms. The van der Waals surface area contributed by atoms with Gasteiger partial charge in [-0.25, -0.2) is 4.98 Å². The van der Waals surface area contributed by atoms with Crippen LogP contribution in [0.2, 0.25) is 5.02 Å². The van der Waals surface area contributed by atoms with E-state index in [1.54, 1.807) is 31.2 Å². The maximum absolute atomic E-state index is 12.1. The molecule has 0 aliphatic heterocycles. The van der Waals surface area contributed by atoms with Crippen molar-refractivity contribution in [1.82, 2.24) is 4.98 Å². The van der Waals surface area contributed by atoms with Crippen LogP contribution in [-0.4, -0.2) is 22.4 Å². The molecule has 0 unspecified atom stereocenters. The maximum atomic E-state index is 12.1. The van der Waals surface area contributed by atoms with Crippen molar-refractivity contribution in [2.24, 2.45) is 5.73 Å². The van der Waals surface area contributed by atoms with Gasteiger partial charge in [-0.05, 0) is 31.5 Å². The molecule has 0 fully saturated rings. The second-order valence-corrected chi connectivity index (χ2v) is 6.46. The lowest BCUT2D eigenvalue weighted by Gasteiger charge is -2.15. The number of primary amides is 1. The number of carbonyl (C=O) groups is 2. The van der Waals surface area contributed by atoms with E-state index in [1.807, 2.05) is 0 Å². The van der Waals surface area contributed by atoms with Crippen molar-refractivity contribution in [3.05, 3.63) is 46.1 Å². The molecule has 0 aliphatic carbocycles. The summed E-state index contributed by atoms with van der Waals surface area (Å²) in [5.41, 5.74) is 7.50. The quantitative estimate of drug-likeness (QED) is 0.652. The molecule has 0 atom stereocenters. The van der Waals surface area contributed by atoms with Crippen molar-refractivity contribution < 1.29 is 9.59 Å². The third-order valence-electron chi connectivity index (χ3n) is 3.29. The first-order valence-electron chi connectivity index (χ1n) is 6.97. The van der Waals surface area contributed by atoms with Crippen molar-refractivity contribution in [3.8, 4) is 17.2 Å². The predicted octanol–water partition coefficient (Wildman–Crippen LogP) is 3.36. The van der Waals surface area contributed by atoms with Crippen LogP contribution in [0.25, 0.3) is 11.1 Å². The molecule has 5 nitrogen and oxygen atoms in total. The van der Waals surface area contributed by atoms with Crippen LogP contribution >= 0.6 is 23.4 Å². The van der Waals surface area contributed by atoms with Gasteiger partial charge in [0.1, 0.15) is 11.1 Å². The Hall–Kier alpha value is -2.36. The first-order valence-corrected chi connectivity index (χ1v) is 8.34. The number of aromatic nitrogens is 1. The SMILES string of the molecule is CC(=O)c1c(C)nc(SCC(N)=O)c(C#N)c1-c1ccc(Cl)cc1. The van der Waals surface area contributed by atoms with E-state index < -0.39 is 5.91 Å². The number of carbonyl (C=O) groups excluding carboxylic acids is 2. The highest BCUT2D eigenvalue weighted by Gasteiger charge is 2.22. The summed E-state index contributed by atoms with van der Waals surface area (Å²) in [4.78, 5) is 27.5. The first kappa shape index (κ1) is 18.0. The van der Waals surface area contributed by atoms with Gasteiger partial charge >= 0.3 is 0 Å². The van der Waals surface area contributed by atoms with Crippen LogP contribution in [0.4, 0.5) is 0 Å². The highest BCUT2D eigenvalue weighted by Crippen LogP contribution is 2.35. The number of hydrogen-bond acceptors (Lipinski definition) is 5. The largest absolute Gasteiger partial charge is 0.369 e. The number of halogens is 1. The van der Waals surface area contributed by atoms with Crippen molar-refractivity contribution in [3.63, 3.8) is 0 Å². The fourth-order valence-electron chi connectivity index (χ4n) is 2.36. The fraction of sp³-hybridized carbons (Fsp3) is 0.176. The molecule has 1 aromatic heterocycles. The molecule has 1 aromatic carbocycles. The number of nitrogens with zero attached hydrogens (tertiary/aromatic N) is 2. The summed E-state index contributed by atoms with van der Waals surface area (Å²) in [7, 11) is 0. The van der Waals surface area contributed by atoms with Crippen molar-refractivity contribution in [1.29, 1.82) is 5.26 Å². The Morgan fingerprint density at radius 3 is 2.46 bits per heavy atom. The number of benzene rings is 1. The summed E-state index contributed by atoms with van der Waals surface area (Å²) in [5, 5.41) is 10.6. The maximum Gasteiger partial charge on any atom is 0.227 e. The highest BCUT2D eigenvalue weighted by molar-refractivity contribution is 8.00. The average Bonchev–Trinajstić information content (AvgIpc) is 2.52. The second kappa shape index (κ2) is 7.47. The van der Waals surface area contributed by atoms with Gasteiger partial charge in [-0.2, -0.15) is 5.26 Å². The monoisotopic (exact) mass is 359 g/mol. The summed E-state index contributed by atoms with van der Waals surface area (Å²) in [5.74, 6) is -0.694. The Bertz CT molecular complexity index is 858. The normalized spacial score (nSPS) is 10.2. The topological polar surface area (TPSA) is 96.8 Å². The molecule has 7 heteroatoms. The smallest absolute Gasteiger partial charge is 0.227 e. The lowest BCUT2D eigenvalue weighted by atomic mass is 9.93. The zero-order valence-electron chi connectivity index (χ0n) is 13.1. The number of nitrogens with two attached hydrogens (primary N) is 1. The van der Waals surface area contributed by atoms with Crippen LogP contribution in [0.15, 0.2) is 29.3 Å². The minimum absolute atomic E-state index is 0.000591. The van der Waals surface area contributed by atoms with Crippen LogP contribution < -0.4 is 5.73 Å². The van der Waals surface area contributed by atoms with Gasteiger partial charge in [0.05, 0.1) is 17.0 Å². The number of thioether (sulfide) groups is 1. The van der Waals surface area contributed by atoms with E-state index in [2.05, 4.69) is 11.1 Å². The number of hydrogen-bond donors (Lipinski definition) is 1. The number of rotatable bonds is 5. The Morgan fingerprint density at radius 1 is 1.33 bits per heavy atom. The molecular formula is C17H14ClN3O2S. The van der Waals surface area contributed by atoms with E-state index in [1.165, 1.54) is 6.92 Å². The van der Waals surface area contributed by atoms with Crippen LogP contribution in [0.1, 0.15) is 28.5 Å². The van der Waals surface area contributed by atoms with E-state index in [0.29, 0.717) is 32.4 Å². The minimum atomic E-state index is -0.507. The molecule has 122 valence electrons. The molecule has 24 heavy (non-hydrogen) atoms. The Labute approximate surface area is 148 Å². The summed E-state index contributed by atoms with van der Waals surface area (Å²) >= 11 is 7.00. The molecule has 0 saturated heterocycles. The second-order valence-electron chi connectivity index (χ2n) is 5.06. The van der Waals surface area contributed by atoms with Crippen molar-refractivity contribution in [2.75, 3.05) is 5.75 Å². The van der Waals surface area contributed by atoms with Crippen LogP contribution in [0, 0.1) is 18.3 Å². The molecule has 0 radical (unpaired) electrons. The third kappa shape index (κ3) is 3.75. The van der Waals surface area contributed by atoms with Gasteiger partial charge in [-0.1, -0.05) is 35.5 Å². The zero-order valence-corrected chi connectivity index (χ0v) is 14.7. The van der Waals surface area contributed by atoms with E-state index >= 15 is 0 Å². The third-order valence-corrected chi connectivity index (χ3v) is 4.54. The van der Waals surface area contributed by atoms with Gasteiger partial charge < -0.3 is 5.73 Å². The van der Waals surface area contributed by atoms with E-state index in [-0.39, 0.29) is 17.1 Å². The van der Waals surface area contributed by atoms with Gasteiger partial charge in [0, 0.05) is 16.1 Å². The number of aryl methyl sites for hydroxylation is 1. The van der Waals surface area contributed by atoms with Crippen LogP contribution in [-0.2, 0) is 4.79 Å². The number of pyridine rings is 1. The van der Waals surface area contributed by atoms with Gasteiger partial charge in [0.25, 0.3) is 0 Å². The number of amides is 1. The van der Waals surface area contributed by atoms with Gasteiger partial charge in [0.15, 0.2) is 5.78 Å². The average molecular weight is 360 g/mol. The Morgan fingerprint density at radius 2 is 1.96 bits per heavy atom.